The highest BCUT2D eigenvalue weighted by molar-refractivity contribution is 5.97. The smallest absolute Gasteiger partial charge is 0.246 e. The molecule has 1 amide bonds. The fourth-order valence-corrected chi connectivity index (χ4v) is 8.41. The van der Waals surface area contributed by atoms with Crippen LogP contribution in [0.2, 0.25) is 0 Å². The van der Waals surface area contributed by atoms with E-state index in [1.807, 2.05) is 19.1 Å². The van der Waals surface area contributed by atoms with Gasteiger partial charge in [-0.2, -0.15) is 5.26 Å². The number of carbonyl (C=O) groups excluding carboxylic acids is 1. The number of carbonyl (C=O) groups is 1. The molecule has 3 aliphatic heterocycles. The highest BCUT2D eigenvalue weighted by atomic mass is 19.1. The first-order valence-electron chi connectivity index (χ1n) is 18.0. The number of fused-ring (bicyclic) bond motifs is 2. The Morgan fingerprint density at radius 3 is 2.69 bits per heavy atom. The molecule has 0 unspecified atom stereocenters. The Balaban J connectivity index is 1.14. The fraction of sp³-hybridized carbons (Fsp3) is 0.538. The zero-order valence-corrected chi connectivity index (χ0v) is 28.4. The van der Waals surface area contributed by atoms with Gasteiger partial charge in [0.2, 0.25) is 5.91 Å². The highest BCUT2D eigenvalue weighted by Crippen LogP contribution is 2.50. The van der Waals surface area contributed by atoms with Gasteiger partial charge in [0.15, 0.2) is 0 Å². The van der Waals surface area contributed by atoms with E-state index in [1.54, 1.807) is 11.0 Å². The summed E-state index contributed by atoms with van der Waals surface area (Å²) < 4.78 is 14.8. The molecule has 1 aliphatic carbocycles. The first-order chi connectivity index (χ1) is 23.4. The molecular weight excluding hydrogens is 601 g/mol. The van der Waals surface area contributed by atoms with Gasteiger partial charge in [-0.25, -0.2) is 14.4 Å². The normalized spacial score (nSPS) is 20.5. The number of nitriles is 1. The first-order valence-corrected chi connectivity index (χ1v) is 18.0. The van der Waals surface area contributed by atoms with Gasteiger partial charge in [-0.3, -0.25) is 4.79 Å². The van der Waals surface area contributed by atoms with Gasteiger partial charge in [-0.05, 0) is 99.5 Å². The van der Waals surface area contributed by atoms with Crippen LogP contribution in [0.15, 0.2) is 43.0 Å². The summed E-state index contributed by atoms with van der Waals surface area (Å²) in [5.74, 6) is 1.51. The van der Waals surface area contributed by atoms with Crippen LogP contribution in [0, 0.1) is 29.5 Å². The summed E-state index contributed by atoms with van der Waals surface area (Å²) in [5, 5.41) is 11.6. The maximum atomic E-state index is 14.8. The summed E-state index contributed by atoms with van der Waals surface area (Å²) in [7, 11) is 0. The van der Waals surface area contributed by atoms with E-state index in [1.165, 1.54) is 64.2 Å². The van der Waals surface area contributed by atoms with Crippen LogP contribution in [0.1, 0.15) is 74.0 Å². The number of aromatic nitrogens is 2. The molecule has 0 radical (unpaired) electrons. The molecule has 0 N–H and O–H groups in total. The molecule has 2 aromatic carbocycles. The summed E-state index contributed by atoms with van der Waals surface area (Å²) >= 11 is 0. The number of hydrogen-bond acceptors (Lipinski definition) is 7. The predicted octanol–water partition coefficient (Wildman–Crippen LogP) is 6.35. The molecule has 48 heavy (non-hydrogen) atoms. The van der Waals surface area contributed by atoms with Gasteiger partial charge in [0, 0.05) is 55.8 Å². The van der Waals surface area contributed by atoms with E-state index >= 15 is 0 Å². The van der Waals surface area contributed by atoms with Crippen LogP contribution in [-0.2, 0) is 24.2 Å². The summed E-state index contributed by atoms with van der Waals surface area (Å²) in [6.07, 6.45) is 12.1. The Hall–Kier alpha value is -4.03. The van der Waals surface area contributed by atoms with Gasteiger partial charge < -0.3 is 19.6 Å². The third-order valence-corrected chi connectivity index (χ3v) is 11.3. The maximum absolute atomic E-state index is 14.8. The Labute approximate surface area is 284 Å². The molecule has 8 nitrogen and oxygen atoms in total. The van der Waals surface area contributed by atoms with Crippen LogP contribution in [0.4, 0.5) is 15.9 Å². The first kappa shape index (κ1) is 32.5. The van der Waals surface area contributed by atoms with E-state index < -0.39 is 0 Å². The molecule has 0 bridgehead atoms. The number of halogens is 1. The molecule has 1 atom stereocenters. The van der Waals surface area contributed by atoms with Gasteiger partial charge in [0.05, 0.1) is 30.8 Å². The number of rotatable bonds is 11. The van der Waals surface area contributed by atoms with Crippen LogP contribution in [0.5, 0.6) is 0 Å². The number of unbranched alkanes of at least 4 members (excludes halogenated alkanes) is 1. The van der Waals surface area contributed by atoms with Crippen molar-refractivity contribution in [1.29, 1.82) is 5.26 Å². The molecular formula is C39H48FN7O. The number of anilines is 2. The minimum atomic E-state index is -0.220. The summed E-state index contributed by atoms with van der Waals surface area (Å²) in [6.45, 7) is 12.5. The second kappa shape index (κ2) is 13.8. The van der Waals surface area contributed by atoms with Crippen LogP contribution in [-0.4, -0.2) is 77.5 Å². The quantitative estimate of drug-likeness (QED) is 0.177. The molecule has 4 aliphatic rings. The van der Waals surface area contributed by atoms with E-state index in [4.69, 9.17) is 9.97 Å². The fourth-order valence-electron chi connectivity index (χ4n) is 8.41. The van der Waals surface area contributed by atoms with Gasteiger partial charge in [-0.15, -0.1) is 0 Å². The van der Waals surface area contributed by atoms with Crippen LogP contribution < -0.4 is 9.80 Å². The maximum Gasteiger partial charge on any atom is 0.246 e. The van der Waals surface area contributed by atoms with Crippen molar-refractivity contribution in [3.8, 4) is 6.07 Å². The molecule has 3 fully saturated rings. The second-order valence-electron chi connectivity index (χ2n) is 14.5. The highest BCUT2D eigenvalue weighted by Gasteiger charge is 2.43. The van der Waals surface area contributed by atoms with Crippen molar-refractivity contribution in [2.45, 2.75) is 83.7 Å². The van der Waals surface area contributed by atoms with Crippen LogP contribution in [0.25, 0.3) is 10.8 Å². The lowest BCUT2D eigenvalue weighted by Crippen LogP contribution is -2.55. The Kier molecular flexibility index (Phi) is 9.37. The lowest BCUT2D eigenvalue weighted by molar-refractivity contribution is -0.128. The number of piperazine rings is 1. The molecule has 4 heterocycles. The van der Waals surface area contributed by atoms with Gasteiger partial charge in [-0.1, -0.05) is 31.2 Å². The molecule has 252 valence electrons. The van der Waals surface area contributed by atoms with Crippen LogP contribution >= 0.6 is 0 Å². The lowest BCUT2D eigenvalue weighted by Gasteiger charge is -2.42. The average Bonchev–Trinajstić information content (AvgIpc) is 3.67. The van der Waals surface area contributed by atoms with Crippen molar-refractivity contribution in [1.82, 2.24) is 19.8 Å². The van der Waals surface area contributed by atoms with Crippen molar-refractivity contribution in [3.63, 3.8) is 0 Å². The topological polar surface area (TPSA) is 79.6 Å². The number of benzene rings is 2. The molecule has 9 heteroatoms. The van der Waals surface area contributed by atoms with Crippen LogP contribution in [0.3, 0.4) is 0 Å². The van der Waals surface area contributed by atoms with E-state index in [0.717, 1.165) is 65.2 Å². The van der Waals surface area contributed by atoms with Gasteiger partial charge >= 0.3 is 0 Å². The third kappa shape index (κ3) is 6.64. The van der Waals surface area contributed by atoms with Crippen molar-refractivity contribution in [2.75, 3.05) is 55.6 Å². The van der Waals surface area contributed by atoms with Gasteiger partial charge in [0.1, 0.15) is 17.5 Å². The molecule has 3 aromatic rings. The average molecular weight is 650 g/mol. The largest absolute Gasteiger partial charge is 0.365 e. The SMILES string of the molecule is C=CC(=O)N1CCN(c2nc(CCCCC3(CN4CCCC4)CC3)nc3c2CCN(c2cccc4ccc(F)c(C)c24)C3)C[C@@H]1CC#N. The van der Waals surface area contributed by atoms with Crippen molar-refractivity contribution in [3.05, 3.63) is 71.4 Å². The van der Waals surface area contributed by atoms with Gasteiger partial charge in [0.25, 0.3) is 0 Å². The van der Waals surface area contributed by atoms with E-state index in [-0.39, 0.29) is 24.2 Å². The number of likely N-dealkylation sites (tertiary alicyclic amines) is 1. The number of hydrogen-bond donors (Lipinski definition) is 0. The third-order valence-electron chi connectivity index (χ3n) is 11.3. The van der Waals surface area contributed by atoms with Crippen molar-refractivity contribution < 1.29 is 9.18 Å². The summed E-state index contributed by atoms with van der Waals surface area (Å²) in [6, 6.07) is 11.7. The summed E-state index contributed by atoms with van der Waals surface area (Å²) in [4.78, 5) is 32.2. The monoisotopic (exact) mass is 649 g/mol. The Bertz CT molecular complexity index is 1720. The zero-order valence-electron chi connectivity index (χ0n) is 28.4. The minimum Gasteiger partial charge on any atom is -0.365 e. The van der Waals surface area contributed by atoms with Crippen molar-refractivity contribution >= 4 is 28.2 Å². The molecule has 2 saturated heterocycles. The number of aryl methyl sites for hydroxylation is 2. The minimum absolute atomic E-state index is 0.129. The molecule has 7 rings (SSSR count). The predicted molar refractivity (Wildman–Crippen MR) is 188 cm³/mol. The zero-order chi connectivity index (χ0) is 33.3. The van der Waals surface area contributed by atoms with E-state index in [2.05, 4.69) is 39.5 Å². The standard InChI is InChI=1S/C39H48FN7O/c1-3-36(48)47-24-23-46(25-30(47)14-19-41)38-31-15-22-45(34-10-8-9-29-12-13-32(40)28(2)37(29)34)26-33(31)42-35(43-38)11-4-5-16-39(17-18-39)27-44-20-6-7-21-44/h3,8-10,12-13,30H,1,4-7,11,14-18,20-27H2,2H3/t30-/m0/s1. The number of nitrogens with zero attached hydrogens (tertiary/aromatic N) is 7. The molecule has 1 saturated carbocycles. The Morgan fingerprint density at radius 2 is 1.92 bits per heavy atom. The van der Waals surface area contributed by atoms with E-state index in [0.29, 0.717) is 37.2 Å². The molecule has 0 spiro atoms. The second-order valence-corrected chi connectivity index (χ2v) is 14.5. The number of amides is 1. The Morgan fingerprint density at radius 1 is 1.08 bits per heavy atom. The lowest BCUT2D eigenvalue weighted by atomic mass is 9.97. The molecule has 1 aromatic heterocycles. The summed E-state index contributed by atoms with van der Waals surface area (Å²) in [5.41, 5.74) is 4.42. The van der Waals surface area contributed by atoms with Crippen molar-refractivity contribution in [2.24, 2.45) is 5.41 Å². The van der Waals surface area contributed by atoms with E-state index in [9.17, 15) is 14.4 Å².